The number of amides is 1. The third kappa shape index (κ3) is 2.77. The molecule has 1 fully saturated rings. The monoisotopic (exact) mass is 349 g/mol. The van der Waals surface area contributed by atoms with Crippen LogP contribution in [-0.4, -0.2) is 34.0 Å². The van der Waals surface area contributed by atoms with E-state index in [4.69, 9.17) is 20.5 Å². The first kappa shape index (κ1) is 14.5. The molecule has 1 aliphatic rings. The zero-order valence-electron chi connectivity index (χ0n) is 11.9. The van der Waals surface area contributed by atoms with Crippen LogP contribution in [0.3, 0.4) is 0 Å². The maximum Gasteiger partial charge on any atom is 0.293 e. The molecule has 1 aliphatic heterocycles. The number of furan rings is 1. The minimum absolute atomic E-state index is 0.000784. The van der Waals surface area contributed by atoms with Gasteiger partial charge in [0.1, 0.15) is 0 Å². The number of nitrogens with zero attached hydrogens (tertiary/aromatic N) is 3. The van der Waals surface area contributed by atoms with Gasteiger partial charge in [-0.15, -0.1) is 11.3 Å². The van der Waals surface area contributed by atoms with Crippen LogP contribution in [0.1, 0.15) is 27.8 Å². The Bertz CT molecular complexity index is 827. The van der Waals surface area contributed by atoms with Gasteiger partial charge in [-0.25, -0.2) is 0 Å². The lowest BCUT2D eigenvalue weighted by Gasteiger charge is -2.14. The summed E-state index contributed by atoms with van der Waals surface area (Å²) in [6, 6.07) is 7.03. The van der Waals surface area contributed by atoms with Crippen molar-refractivity contribution in [2.45, 2.75) is 12.3 Å². The molecule has 0 radical (unpaired) electrons. The molecule has 0 unspecified atom stereocenters. The van der Waals surface area contributed by atoms with E-state index < -0.39 is 0 Å². The molecule has 0 aromatic carbocycles. The Morgan fingerprint density at radius 3 is 3.04 bits per heavy atom. The van der Waals surface area contributed by atoms with E-state index in [1.54, 1.807) is 35.4 Å². The number of hydrogen-bond donors (Lipinski definition) is 0. The standard InChI is InChI=1S/C15H12ClN3O3S/c16-12-4-3-11(23-12)15(20)19-6-5-9(8-19)13-17-14(22-18-13)10-2-1-7-21-10/h1-4,7,9H,5-6,8H2/t9-/m1/s1. The molecule has 1 saturated heterocycles. The fourth-order valence-electron chi connectivity index (χ4n) is 2.64. The fourth-order valence-corrected chi connectivity index (χ4v) is 3.65. The van der Waals surface area contributed by atoms with Crippen LogP contribution in [0, 0.1) is 0 Å². The van der Waals surface area contributed by atoms with Crippen LogP contribution in [0.4, 0.5) is 0 Å². The summed E-state index contributed by atoms with van der Waals surface area (Å²) in [6.45, 7) is 1.25. The summed E-state index contributed by atoms with van der Waals surface area (Å²) in [6.07, 6.45) is 2.36. The zero-order valence-corrected chi connectivity index (χ0v) is 13.5. The van der Waals surface area contributed by atoms with Gasteiger partial charge in [-0.2, -0.15) is 4.98 Å². The number of rotatable bonds is 3. The lowest BCUT2D eigenvalue weighted by atomic mass is 10.1. The normalized spacial score (nSPS) is 17.8. The van der Waals surface area contributed by atoms with Crippen LogP contribution in [0.15, 0.2) is 39.5 Å². The predicted octanol–water partition coefficient (Wildman–Crippen LogP) is 3.67. The van der Waals surface area contributed by atoms with E-state index in [1.807, 2.05) is 0 Å². The third-order valence-corrected chi connectivity index (χ3v) is 5.02. The van der Waals surface area contributed by atoms with Crippen molar-refractivity contribution >= 4 is 28.8 Å². The van der Waals surface area contributed by atoms with Crippen LogP contribution in [0.2, 0.25) is 4.34 Å². The van der Waals surface area contributed by atoms with E-state index >= 15 is 0 Å². The van der Waals surface area contributed by atoms with Crippen molar-refractivity contribution in [3.05, 3.63) is 45.6 Å². The Labute approximate surface area is 140 Å². The van der Waals surface area contributed by atoms with Crippen LogP contribution >= 0.6 is 22.9 Å². The molecule has 0 N–H and O–H groups in total. The highest BCUT2D eigenvalue weighted by molar-refractivity contribution is 7.17. The molecule has 4 heterocycles. The summed E-state index contributed by atoms with van der Waals surface area (Å²) < 4.78 is 11.1. The number of thiophene rings is 1. The zero-order chi connectivity index (χ0) is 15.8. The van der Waals surface area contributed by atoms with Crippen molar-refractivity contribution in [3.8, 4) is 11.7 Å². The Morgan fingerprint density at radius 1 is 1.39 bits per heavy atom. The molecule has 0 saturated carbocycles. The average Bonchev–Trinajstić information content (AvgIpc) is 3.30. The largest absolute Gasteiger partial charge is 0.459 e. The molecule has 0 bridgehead atoms. The summed E-state index contributed by atoms with van der Waals surface area (Å²) in [4.78, 5) is 19.3. The van der Waals surface area contributed by atoms with Gasteiger partial charge in [-0.3, -0.25) is 4.79 Å². The molecule has 0 spiro atoms. The number of likely N-dealkylation sites (tertiary alicyclic amines) is 1. The Kier molecular flexibility index (Phi) is 3.66. The molecule has 8 heteroatoms. The van der Waals surface area contributed by atoms with Crippen LogP contribution in [0.25, 0.3) is 11.7 Å². The smallest absolute Gasteiger partial charge is 0.293 e. The first-order valence-electron chi connectivity index (χ1n) is 7.13. The average molecular weight is 350 g/mol. The molecule has 3 aromatic rings. The van der Waals surface area contributed by atoms with Crippen molar-refractivity contribution < 1.29 is 13.7 Å². The summed E-state index contributed by atoms with van der Waals surface area (Å²) >= 11 is 7.19. The van der Waals surface area contributed by atoms with Gasteiger partial charge in [0.15, 0.2) is 11.6 Å². The van der Waals surface area contributed by atoms with Gasteiger partial charge in [0.05, 0.1) is 15.5 Å². The highest BCUT2D eigenvalue weighted by Crippen LogP contribution is 2.30. The first-order chi connectivity index (χ1) is 11.2. The van der Waals surface area contributed by atoms with Gasteiger partial charge in [-0.1, -0.05) is 16.8 Å². The van der Waals surface area contributed by atoms with Crippen molar-refractivity contribution in [1.29, 1.82) is 0 Å². The summed E-state index contributed by atoms with van der Waals surface area (Å²) in [7, 11) is 0. The van der Waals surface area contributed by atoms with Gasteiger partial charge >= 0.3 is 0 Å². The van der Waals surface area contributed by atoms with Gasteiger partial charge in [0, 0.05) is 19.0 Å². The van der Waals surface area contributed by atoms with Crippen molar-refractivity contribution in [3.63, 3.8) is 0 Å². The molecule has 118 valence electrons. The van der Waals surface area contributed by atoms with Gasteiger partial charge in [0.2, 0.25) is 0 Å². The van der Waals surface area contributed by atoms with E-state index in [0.717, 1.165) is 6.42 Å². The number of aromatic nitrogens is 2. The van der Waals surface area contributed by atoms with Gasteiger partial charge in [0.25, 0.3) is 11.8 Å². The number of hydrogen-bond acceptors (Lipinski definition) is 6. The number of halogens is 1. The Balaban J connectivity index is 1.47. The lowest BCUT2D eigenvalue weighted by Crippen LogP contribution is -2.27. The molecule has 4 rings (SSSR count). The Morgan fingerprint density at radius 2 is 2.30 bits per heavy atom. The third-order valence-electron chi connectivity index (χ3n) is 3.80. The minimum atomic E-state index is -0.000784. The van der Waals surface area contributed by atoms with E-state index in [2.05, 4.69) is 10.1 Å². The maximum absolute atomic E-state index is 12.4. The molecular weight excluding hydrogens is 338 g/mol. The second-order valence-corrected chi connectivity index (χ2v) is 6.99. The van der Waals surface area contributed by atoms with E-state index in [1.165, 1.54) is 11.3 Å². The predicted molar refractivity (Wildman–Crippen MR) is 84.6 cm³/mol. The van der Waals surface area contributed by atoms with Crippen molar-refractivity contribution in [2.24, 2.45) is 0 Å². The van der Waals surface area contributed by atoms with Crippen molar-refractivity contribution in [2.75, 3.05) is 13.1 Å². The highest BCUT2D eigenvalue weighted by Gasteiger charge is 2.31. The van der Waals surface area contributed by atoms with E-state index in [-0.39, 0.29) is 11.8 Å². The minimum Gasteiger partial charge on any atom is -0.459 e. The van der Waals surface area contributed by atoms with Crippen LogP contribution < -0.4 is 0 Å². The second kappa shape index (κ2) is 5.82. The van der Waals surface area contributed by atoms with E-state index in [9.17, 15) is 4.79 Å². The Hall–Kier alpha value is -2.12. The molecule has 6 nitrogen and oxygen atoms in total. The molecule has 0 aliphatic carbocycles. The fraction of sp³-hybridized carbons (Fsp3) is 0.267. The second-order valence-electron chi connectivity index (χ2n) is 5.28. The molecular formula is C15H12ClN3O3S. The van der Waals surface area contributed by atoms with E-state index in [0.29, 0.717) is 39.8 Å². The van der Waals surface area contributed by atoms with Gasteiger partial charge < -0.3 is 13.8 Å². The lowest BCUT2D eigenvalue weighted by molar-refractivity contribution is 0.0795. The highest BCUT2D eigenvalue weighted by atomic mass is 35.5. The SMILES string of the molecule is O=C(c1ccc(Cl)s1)N1CC[C@@H](c2noc(-c3ccco3)n2)C1. The summed E-state index contributed by atoms with van der Waals surface area (Å²) in [5, 5.41) is 4.02. The first-order valence-corrected chi connectivity index (χ1v) is 8.32. The maximum atomic E-state index is 12.4. The quantitative estimate of drug-likeness (QED) is 0.721. The number of carbonyl (C=O) groups excluding carboxylic acids is 1. The molecule has 1 atom stereocenters. The van der Waals surface area contributed by atoms with Crippen LogP contribution in [0.5, 0.6) is 0 Å². The van der Waals surface area contributed by atoms with Crippen LogP contribution in [-0.2, 0) is 0 Å². The summed E-state index contributed by atoms with van der Waals surface area (Å²) in [5.41, 5.74) is 0. The summed E-state index contributed by atoms with van der Waals surface area (Å²) in [5.74, 6) is 1.58. The molecule has 3 aromatic heterocycles. The topological polar surface area (TPSA) is 72.4 Å². The van der Waals surface area contributed by atoms with Crippen molar-refractivity contribution in [1.82, 2.24) is 15.0 Å². The molecule has 1 amide bonds. The van der Waals surface area contributed by atoms with Gasteiger partial charge in [-0.05, 0) is 30.7 Å². The molecule has 23 heavy (non-hydrogen) atoms. The number of carbonyl (C=O) groups is 1.